The Hall–Kier alpha value is -3.53. The Morgan fingerprint density at radius 1 is 0.848 bits per heavy atom. The van der Waals surface area contributed by atoms with E-state index in [9.17, 15) is 37.1 Å². The standard InChI is InChI=1S/C9H8N2O4S.C6H4ClNO4S.C3H5N/c1-2-7-10-16(14,15)9-5-3-8(4-6-9)11(12)13;7-13(11,12)6-3-1-5(2-4-6)8(9)10;1-2-3-4/h1,3-6,10H,7H2;1-4H;1H,3-4H2. The molecule has 2 aromatic rings. The van der Waals surface area contributed by atoms with E-state index in [1.165, 1.54) is 0 Å². The molecule has 0 saturated carbocycles. The van der Waals surface area contributed by atoms with Crippen LogP contribution in [0.3, 0.4) is 0 Å². The summed E-state index contributed by atoms with van der Waals surface area (Å²) in [6, 6.07) is 8.86. The molecule has 3 N–H and O–H groups in total. The SMILES string of the molecule is C#CCN.C#CCNS(=O)(=O)c1ccc([N+](=O)[O-])cc1.O=[N+]([O-])c1ccc(S(=O)(=O)Cl)cc1. The molecular weight excluding hydrogens is 500 g/mol. The second-order valence-electron chi connectivity index (χ2n) is 5.38. The van der Waals surface area contributed by atoms with Crippen LogP contribution in [0.25, 0.3) is 0 Å². The number of nitro benzene ring substituents is 2. The number of benzene rings is 2. The summed E-state index contributed by atoms with van der Waals surface area (Å²) in [5.41, 5.74) is 4.44. The summed E-state index contributed by atoms with van der Waals surface area (Å²) in [4.78, 5) is 19.1. The lowest BCUT2D eigenvalue weighted by molar-refractivity contribution is -0.385. The van der Waals surface area contributed by atoms with Gasteiger partial charge in [0.2, 0.25) is 10.0 Å². The second kappa shape index (κ2) is 13.8. The lowest BCUT2D eigenvalue weighted by atomic mass is 10.3. The maximum Gasteiger partial charge on any atom is 0.269 e. The van der Waals surface area contributed by atoms with E-state index < -0.39 is 28.9 Å². The molecule has 176 valence electrons. The summed E-state index contributed by atoms with van der Waals surface area (Å²) in [6.07, 6.45) is 9.56. The number of terminal acetylenes is 2. The zero-order valence-corrected chi connectivity index (χ0v) is 19.0. The topological polar surface area (TPSA) is 193 Å². The highest BCUT2D eigenvalue weighted by molar-refractivity contribution is 8.13. The largest absolute Gasteiger partial charge is 0.320 e. The maximum atomic E-state index is 11.5. The van der Waals surface area contributed by atoms with Crippen LogP contribution in [-0.4, -0.2) is 39.8 Å². The van der Waals surface area contributed by atoms with Gasteiger partial charge >= 0.3 is 0 Å². The molecule has 0 saturated heterocycles. The van der Waals surface area contributed by atoms with Crippen LogP contribution in [0.1, 0.15) is 0 Å². The van der Waals surface area contributed by atoms with Crippen LogP contribution >= 0.6 is 10.7 Å². The van der Waals surface area contributed by atoms with Crippen LogP contribution in [0.15, 0.2) is 58.3 Å². The zero-order valence-electron chi connectivity index (χ0n) is 16.6. The van der Waals surface area contributed by atoms with Crippen LogP contribution < -0.4 is 10.5 Å². The lowest BCUT2D eigenvalue weighted by Gasteiger charge is -2.02. The summed E-state index contributed by atoms with van der Waals surface area (Å²) in [6.45, 7) is 0.222. The molecule has 2 rings (SSSR count). The highest BCUT2D eigenvalue weighted by atomic mass is 35.7. The average Bonchev–Trinajstić information content (AvgIpc) is 2.78. The second-order valence-corrected chi connectivity index (χ2v) is 9.71. The van der Waals surface area contributed by atoms with Crippen molar-refractivity contribution in [1.82, 2.24) is 4.72 Å². The predicted octanol–water partition coefficient (Wildman–Crippen LogP) is 1.61. The van der Waals surface area contributed by atoms with E-state index in [-0.39, 0.29) is 27.7 Å². The number of hydrogen-bond donors (Lipinski definition) is 2. The number of hydrogen-bond acceptors (Lipinski definition) is 9. The first-order valence-electron chi connectivity index (χ1n) is 8.30. The highest BCUT2D eigenvalue weighted by Crippen LogP contribution is 2.18. The first-order valence-corrected chi connectivity index (χ1v) is 12.1. The van der Waals surface area contributed by atoms with Crippen molar-refractivity contribution >= 4 is 41.1 Å². The fraction of sp³-hybridized carbons (Fsp3) is 0.111. The molecule has 0 amide bonds. The molecule has 0 fully saturated rings. The molecule has 33 heavy (non-hydrogen) atoms. The van der Waals surface area contributed by atoms with Gasteiger partial charge < -0.3 is 5.73 Å². The predicted molar refractivity (Wildman–Crippen MR) is 121 cm³/mol. The Bertz CT molecular complexity index is 1250. The Kier molecular flexibility index (Phi) is 12.3. The maximum absolute atomic E-state index is 11.5. The van der Waals surface area contributed by atoms with Crippen LogP contribution in [0, 0.1) is 44.9 Å². The summed E-state index contributed by atoms with van der Waals surface area (Å²) in [5, 5.41) is 20.5. The highest BCUT2D eigenvalue weighted by Gasteiger charge is 2.14. The van der Waals surface area contributed by atoms with Gasteiger partial charge in [-0.2, -0.15) is 4.72 Å². The van der Waals surface area contributed by atoms with E-state index in [4.69, 9.17) is 22.8 Å². The van der Waals surface area contributed by atoms with E-state index in [2.05, 4.69) is 23.0 Å². The zero-order chi connectivity index (χ0) is 25.7. The van der Waals surface area contributed by atoms with Gasteiger partial charge in [-0.25, -0.2) is 16.8 Å². The molecule has 0 atom stereocenters. The van der Waals surface area contributed by atoms with E-state index >= 15 is 0 Å². The minimum atomic E-state index is -3.80. The van der Waals surface area contributed by atoms with Gasteiger partial charge in [0.15, 0.2) is 0 Å². The van der Waals surface area contributed by atoms with Gasteiger partial charge in [0.1, 0.15) is 0 Å². The van der Waals surface area contributed by atoms with Crippen molar-refractivity contribution in [2.75, 3.05) is 13.1 Å². The van der Waals surface area contributed by atoms with Gasteiger partial charge in [-0.05, 0) is 24.3 Å². The minimum absolute atomic E-state index is 0.0617. The lowest BCUT2D eigenvalue weighted by Crippen LogP contribution is -2.23. The summed E-state index contributed by atoms with van der Waals surface area (Å²) < 4.78 is 46.6. The van der Waals surface area contributed by atoms with Gasteiger partial charge in [-0.1, -0.05) is 11.8 Å². The van der Waals surface area contributed by atoms with Crippen molar-refractivity contribution in [3.63, 3.8) is 0 Å². The number of rotatable bonds is 6. The summed E-state index contributed by atoms with van der Waals surface area (Å²) >= 11 is 0. The van der Waals surface area contributed by atoms with Gasteiger partial charge in [-0.15, -0.1) is 12.8 Å². The van der Waals surface area contributed by atoms with E-state index in [0.717, 1.165) is 48.5 Å². The molecule has 0 radical (unpaired) electrons. The molecule has 12 nitrogen and oxygen atoms in total. The Balaban J connectivity index is 0.000000542. The molecule has 0 aliphatic carbocycles. The number of non-ortho nitro benzene ring substituents is 2. The van der Waals surface area contributed by atoms with Crippen molar-refractivity contribution in [3.05, 3.63) is 68.8 Å². The van der Waals surface area contributed by atoms with Gasteiger partial charge in [-0.3, -0.25) is 20.2 Å². The normalized spacial score (nSPS) is 10.2. The summed E-state index contributed by atoms with van der Waals surface area (Å²) in [7, 11) is -2.48. The number of sulfonamides is 1. The van der Waals surface area contributed by atoms with Crippen molar-refractivity contribution in [2.45, 2.75) is 9.79 Å². The van der Waals surface area contributed by atoms with Crippen molar-refractivity contribution in [2.24, 2.45) is 5.73 Å². The van der Waals surface area contributed by atoms with Gasteiger partial charge in [0.05, 0.1) is 32.7 Å². The number of nitrogens with two attached hydrogens (primary N) is 1. The van der Waals surface area contributed by atoms with Crippen LogP contribution in [0.5, 0.6) is 0 Å². The minimum Gasteiger partial charge on any atom is -0.320 e. The summed E-state index contributed by atoms with van der Waals surface area (Å²) in [5.74, 6) is 4.33. The molecule has 0 aromatic heterocycles. The molecule has 0 aliphatic heterocycles. The number of nitrogens with zero attached hydrogens (tertiary/aromatic N) is 2. The van der Waals surface area contributed by atoms with Gasteiger partial charge in [0.25, 0.3) is 20.4 Å². The Labute approximate surface area is 194 Å². The van der Waals surface area contributed by atoms with Gasteiger partial charge in [0, 0.05) is 34.9 Å². The van der Waals surface area contributed by atoms with Crippen LogP contribution in [0.2, 0.25) is 0 Å². The van der Waals surface area contributed by atoms with E-state index in [0.29, 0.717) is 6.54 Å². The Morgan fingerprint density at radius 3 is 1.48 bits per heavy atom. The van der Waals surface area contributed by atoms with E-state index in [1.807, 2.05) is 0 Å². The fourth-order valence-corrected chi connectivity index (χ4v) is 3.40. The van der Waals surface area contributed by atoms with Crippen LogP contribution in [0.4, 0.5) is 11.4 Å². The monoisotopic (exact) mass is 516 g/mol. The molecule has 2 aromatic carbocycles. The van der Waals surface area contributed by atoms with Crippen molar-refractivity contribution in [3.8, 4) is 24.7 Å². The molecule has 0 unspecified atom stereocenters. The smallest absolute Gasteiger partial charge is 0.269 e. The first kappa shape index (κ1) is 29.5. The molecule has 0 spiro atoms. The number of halogens is 1. The van der Waals surface area contributed by atoms with Crippen LogP contribution in [-0.2, 0) is 19.1 Å². The molecule has 15 heteroatoms. The molecule has 0 aliphatic rings. The number of nitro groups is 2. The molecule has 0 heterocycles. The van der Waals surface area contributed by atoms with Crippen molar-refractivity contribution in [1.29, 1.82) is 0 Å². The van der Waals surface area contributed by atoms with Crippen molar-refractivity contribution < 1.29 is 26.7 Å². The van der Waals surface area contributed by atoms with E-state index in [1.54, 1.807) is 0 Å². The molecule has 0 bridgehead atoms. The Morgan fingerprint density at radius 2 is 1.21 bits per heavy atom. The third-order valence-electron chi connectivity index (χ3n) is 3.17. The fourth-order valence-electron chi connectivity index (χ4n) is 1.70. The third-order valence-corrected chi connectivity index (χ3v) is 5.96. The first-order chi connectivity index (χ1) is 15.3. The average molecular weight is 517 g/mol. The number of nitrogens with one attached hydrogen (secondary N) is 1. The molecular formula is C18H17ClN4O8S2. The quantitative estimate of drug-likeness (QED) is 0.248. The third kappa shape index (κ3) is 11.1.